The Morgan fingerprint density at radius 2 is 2.10 bits per heavy atom. The SMILES string of the molecule is CCNc1nc(N(C)C)nc(N2CCSC(CC)C2)n1. The molecule has 0 bridgehead atoms. The van der Waals surface area contributed by atoms with E-state index >= 15 is 0 Å². The molecule has 112 valence electrons. The standard InChI is InChI=1S/C13H24N6S/c1-5-10-9-19(7-8-20-10)13-16-11(14-6-2)15-12(17-13)18(3)4/h10H,5-9H2,1-4H3,(H,14,15,16,17). The fraction of sp³-hybridized carbons (Fsp3) is 0.769. The molecule has 0 radical (unpaired) electrons. The molecule has 7 heteroatoms. The van der Waals surface area contributed by atoms with Gasteiger partial charge in [-0.3, -0.25) is 0 Å². The van der Waals surface area contributed by atoms with Crippen LogP contribution in [0.15, 0.2) is 0 Å². The van der Waals surface area contributed by atoms with Gasteiger partial charge in [-0.2, -0.15) is 26.7 Å². The van der Waals surface area contributed by atoms with Crippen LogP contribution in [0, 0.1) is 0 Å². The number of hydrogen-bond donors (Lipinski definition) is 1. The van der Waals surface area contributed by atoms with Crippen molar-refractivity contribution in [3.63, 3.8) is 0 Å². The lowest BCUT2D eigenvalue weighted by Gasteiger charge is -2.32. The highest BCUT2D eigenvalue weighted by molar-refractivity contribution is 8.00. The average molecular weight is 296 g/mol. The quantitative estimate of drug-likeness (QED) is 0.887. The topological polar surface area (TPSA) is 57.2 Å². The summed E-state index contributed by atoms with van der Waals surface area (Å²) in [5.41, 5.74) is 0. The van der Waals surface area contributed by atoms with Crippen LogP contribution in [0.3, 0.4) is 0 Å². The minimum atomic E-state index is 0.660. The molecule has 1 fully saturated rings. The highest BCUT2D eigenvalue weighted by Crippen LogP contribution is 2.25. The first-order valence-corrected chi connectivity index (χ1v) is 8.22. The first-order chi connectivity index (χ1) is 9.63. The Morgan fingerprint density at radius 3 is 2.75 bits per heavy atom. The van der Waals surface area contributed by atoms with E-state index in [0.29, 0.717) is 17.1 Å². The molecule has 20 heavy (non-hydrogen) atoms. The van der Waals surface area contributed by atoms with Gasteiger partial charge in [-0.25, -0.2) is 0 Å². The summed E-state index contributed by atoms with van der Waals surface area (Å²) >= 11 is 2.05. The maximum absolute atomic E-state index is 4.59. The summed E-state index contributed by atoms with van der Waals surface area (Å²) in [5, 5.41) is 3.86. The number of anilines is 3. The van der Waals surface area contributed by atoms with Gasteiger partial charge in [0, 0.05) is 44.7 Å². The smallest absolute Gasteiger partial charge is 0.232 e. The molecule has 1 unspecified atom stereocenters. The molecule has 0 amide bonds. The predicted molar refractivity (Wildman–Crippen MR) is 87.1 cm³/mol. The lowest BCUT2D eigenvalue weighted by atomic mass is 10.3. The van der Waals surface area contributed by atoms with Crippen molar-refractivity contribution >= 4 is 29.6 Å². The van der Waals surface area contributed by atoms with Crippen LogP contribution in [-0.2, 0) is 0 Å². The fourth-order valence-electron chi connectivity index (χ4n) is 2.08. The largest absolute Gasteiger partial charge is 0.354 e. The Labute approximate surface area is 125 Å². The summed E-state index contributed by atoms with van der Waals surface area (Å²) < 4.78 is 0. The Balaban J connectivity index is 2.24. The van der Waals surface area contributed by atoms with Crippen LogP contribution in [0.5, 0.6) is 0 Å². The second-order valence-corrected chi connectivity index (χ2v) is 6.44. The highest BCUT2D eigenvalue weighted by atomic mass is 32.2. The van der Waals surface area contributed by atoms with E-state index < -0.39 is 0 Å². The Bertz CT molecular complexity index is 439. The van der Waals surface area contributed by atoms with Crippen molar-refractivity contribution in [2.45, 2.75) is 25.5 Å². The van der Waals surface area contributed by atoms with Gasteiger partial charge in [0.15, 0.2) is 0 Å². The molecule has 1 aromatic heterocycles. The number of nitrogens with one attached hydrogen (secondary N) is 1. The van der Waals surface area contributed by atoms with Gasteiger partial charge in [0.05, 0.1) is 0 Å². The predicted octanol–water partition coefficient (Wildman–Crippen LogP) is 1.70. The van der Waals surface area contributed by atoms with E-state index in [9.17, 15) is 0 Å². The molecule has 1 aliphatic rings. The molecule has 2 rings (SSSR count). The Morgan fingerprint density at radius 1 is 1.30 bits per heavy atom. The Hall–Kier alpha value is -1.24. The third kappa shape index (κ3) is 3.65. The van der Waals surface area contributed by atoms with Crippen molar-refractivity contribution in [2.24, 2.45) is 0 Å². The van der Waals surface area contributed by atoms with Crippen molar-refractivity contribution in [1.82, 2.24) is 15.0 Å². The van der Waals surface area contributed by atoms with Crippen LogP contribution in [0.1, 0.15) is 20.3 Å². The van der Waals surface area contributed by atoms with Gasteiger partial charge in [-0.05, 0) is 13.3 Å². The lowest BCUT2D eigenvalue weighted by Crippen LogP contribution is -2.39. The molecule has 0 saturated carbocycles. The van der Waals surface area contributed by atoms with E-state index in [1.165, 1.54) is 6.42 Å². The molecule has 2 heterocycles. The van der Waals surface area contributed by atoms with Crippen molar-refractivity contribution in [2.75, 3.05) is 54.6 Å². The normalized spacial score (nSPS) is 19.0. The summed E-state index contributed by atoms with van der Waals surface area (Å²) in [6, 6.07) is 0. The third-order valence-corrected chi connectivity index (χ3v) is 4.60. The van der Waals surface area contributed by atoms with Crippen molar-refractivity contribution in [3.05, 3.63) is 0 Å². The number of hydrogen-bond acceptors (Lipinski definition) is 7. The third-order valence-electron chi connectivity index (χ3n) is 3.22. The summed E-state index contributed by atoms with van der Waals surface area (Å²) in [4.78, 5) is 17.8. The van der Waals surface area contributed by atoms with E-state index in [1.54, 1.807) is 0 Å². The molecular formula is C13H24N6S. The molecule has 1 aromatic rings. The zero-order valence-corrected chi connectivity index (χ0v) is 13.6. The highest BCUT2D eigenvalue weighted by Gasteiger charge is 2.22. The molecule has 0 aliphatic carbocycles. The summed E-state index contributed by atoms with van der Waals surface area (Å²) in [5.74, 6) is 3.29. The monoisotopic (exact) mass is 296 g/mol. The average Bonchev–Trinajstić information content (AvgIpc) is 2.47. The van der Waals surface area contributed by atoms with Crippen LogP contribution in [0.25, 0.3) is 0 Å². The summed E-state index contributed by atoms with van der Waals surface area (Å²) in [7, 11) is 3.91. The van der Waals surface area contributed by atoms with Crippen molar-refractivity contribution in [3.8, 4) is 0 Å². The minimum absolute atomic E-state index is 0.660. The lowest BCUT2D eigenvalue weighted by molar-refractivity contribution is 0.706. The fourth-order valence-corrected chi connectivity index (χ4v) is 3.26. The first kappa shape index (κ1) is 15.2. The number of nitrogens with zero attached hydrogens (tertiary/aromatic N) is 5. The van der Waals surface area contributed by atoms with Crippen LogP contribution in [-0.4, -0.2) is 59.7 Å². The molecule has 0 spiro atoms. The molecule has 1 saturated heterocycles. The zero-order chi connectivity index (χ0) is 14.5. The van der Waals surface area contributed by atoms with Gasteiger partial charge in [-0.15, -0.1) is 0 Å². The van der Waals surface area contributed by atoms with Gasteiger partial charge < -0.3 is 15.1 Å². The molecule has 1 atom stereocenters. The first-order valence-electron chi connectivity index (χ1n) is 7.17. The van der Waals surface area contributed by atoms with Gasteiger partial charge in [0.1, 0.15) is 0 Å². The van der Waals surface area contributed by atoms with Crippen LogP contribution < -0.4 is 15.1 Å². The van der Waals surface area contributed by atoms with E-state index in [4.69, 9.17) is 0 Å². The molecule has 1 N–H and O–H groups in total. The van der Waals surface area contributed by atoms with Crippen molar-refractivity contribution in [1.29, 1.82) is 0 Å². The molecule has 6 nitrogen and oxygen atoms in total. The van der Waals surface area contributed by atoms with Gasteiger partial charge in [-0.1, -0.05) is 6.92 Å². The second-order valence-electron chi connectivity index (χ2n) is 5.03. The van der Waals surface area contributed by atoms with E-state index in [2.05, 4.69) is 32.1 Å². The minimum Gasteiger partial charge on any atom is -0.354 e. The molecular weight excluding hydrogens is 272 g/mol. The van der Waals surface area contributed by atoms with Crippen LogP contribution in [0.2, 0.25) is 0 Å². The van der Waals surface area contributed by atoms with Gasteiger partial charge in [0.2, 0.25) is 17.8 Å². The number of rotatable bonds is 5. The van der Waals surface area contributed by atoms with E-state index in [1.807, 2.05) is 37.7 Å². The zero-order valence-electron chi connectivity index (χ0n) is 12.8. The van der Waals surface area contributed by atoms with Crippen molar-refractivity contribution < 1.29 is 0 Å². The number of aromatic nitrogens is 3. The molecule has 1 aliphatic heterocycles. The van der Waals surface area contributed by atoms with Gasteiger partial charge in [0.25, 0.3) is 0 Å². The number of thioether (sulfide) groups is 1. The summed E-state index contributed by atoms with van der Waals surface area (Å²) in [6.07, 6.45) is 1.19. The van der Waals surface area contributed by atoms with Gasteiger partial charge >= 0.3 is 0 Å². The summed E-state index contributed by atoms with van der Waals surface area (Å²) in [6.45, 7) is 7.12. The van der Waals surface area contributed by atoms with Crippen LogP contribution >= 0.6 is 11.8 Å². The van der Waals surface area contributed by atoms with Crippen LogP contribution in [0.4, 0.5) is 17.8 Å². The van der Waals surface area contributed by atoms with E-state index in [0.717, 1.165) is 31.3 Å². The maximum Gasteiger partial charge on any atom is 0.232 e. The maximum atomic E-state index is 4.59. The second kappa shape index (κ2) is 6.97. The molecule has 0 aromatic carbocycles. The Kier molecular flexibility index (Phi) is 5.28. The van der Waals surface area contributed by atoms with E-state index in [-0.39, 0.29) is 0 Å².